The monoisotopic (exact) mass is 695 g/mol. The molecular weight excluding hydrogens is 671 g/mol. The van der Waals surface area contributed by atoms with Crippen molar-refractivity contribution >= 4 is 75.3 Å². The molecule has 0 radical (unpaired) electrons. The summed E-state index contributed by atoms with van der Waals surface area (Å²) in [5.74, 6) is 1.71. The Morgan fingerprint density at radius 3 is 1.83 bits per heavy atom. The molecule has 0 N–H and O–H groups in total. The van der Waals surface area contributed by atoms with E-state index in [4.69, 9.17) is 19.4 Å². The number of hydrogen-bond acceptors (Lipinski definition) is 6. The van der Waals surface area contributed by atoms with Crippen LogP contribution in [0.2, 0.25) is 0 Å². The summed E-state index contributed by atoms with van der Waals surface area (Å²) in [7, 11) is 0. The highest BCUT2D eigenvalue weighted by atomic mass is 32.1. The Morgan fingerprint density at radius 1 is 0.528 bits per heavy atom. The van der Waals surface area contributed by atoms with E-state index in [0.29, 0.717) is 23.0 Å². The van der Waals surface area contributed by atoms with E-state index in [0.717, 1.165) is 60.7 Å². The van der Waals surface area contributed by atoms with Crippen LogP contribution in [-0.2, 0) is 0 Å². The third-order valence-electron chi connectivity index (χ3n) is 10.1. The summed E-state index contributed by atoms with van der Waals surface area (Å²) in [5, 5.41) is 16.4. The van der Waals surface area contributed by atoms with Gasteiger partial charge in [0, 0.05) is 58.7 Å². The number of benzene rings is 7. The van der Waals surface area contributed by atoms with Crippen LogP contribution in [0.5, 0.6) is 0 Å². The van der Waals surface area contributed by atoms with Crippen LogP contribution in [-0.4, -0.2) is 19.5 Å². The van der Waals surface area contributed by atoms with Crippen molar-refractivity contribution in [3.8, 4) is 45.9 Å². The maximum absolute atomic E-state index is 9.36. The molecule has 0 atom stereocenters. The van der Waals surface area contributed by atoms with Gasteiger partial charge in [0.25, 0.3) is 0 Å². The molecule has 0 bridgehead atoms. The molecule has 0 amide bonds. The maximum atomic E-state index is 9.36. The molecule has 0 aliphatic rings. The summed E-state index contributed by atoms with van der Waals surface area (Å²) in [5.41, 5.74) is 8.24. The van der Waals surface area contributed by atoms with E-state index in [1.165, 1.54) is 25.6 Å². The fourth-order valence-electron chi connectivity index (χ4n) is 7.68. The van der Waals surface area contributed by atoms with Gasteiger partial charge in [-0.15, -0.1) is 11.3 Å². The van der Waals surface area contributed by atoms with Gasteiger partial charge in [0.1, 0.15) is 11.2 Å². The van der Waals surface area contributed by atoms with E-state index in [-0.39, 0.29) is 0 Å². The van der Waals surface area contributed by atoms with Gasteiger partial charge >= 0.3 is 0 Å². The van der Waals surface area contributed by atoms with Gasteiger partial charge in [-0.25, -0.2) is 15.0 Å². The largest absolute Gasteiger partial charge is 0.455 e. The topological polar surface area (TPSA) is 80.5 Å². The molecule has 7 heteroatoms. The van der Waals surface area contributed by atoms with E-state index in [2.05, 4.69) is 102 Å². The number of fused-ring (bicyclic) bond motifs is 12. The number of hydrogen-bond donors (Lipinski definition) is 0. The van der Waals surface area contributed by atoms with Crippen molar-refractivity contribution in [1.82, 2.24) is 19.5 Å². The predicted molar refractivity (Wildman–Crippen MR) is 215 cm³/mol. The van der Waals surface area contributed by atoms with Gasteiger partial charge in [0.2, 0.25) is 0 Å². The Morgan fingerprint density at radius 2 is 1.11 bits per heavy atom. The molecule has 0 saturated carbocycles. The summed E-state index contributed by atoms with van der Waals surface area (Å²) in [6.07, 6.45) is 0. The van der Waals surface area contributed by atoms with Gasteiger partial charge in [-0.1, -0.05) is 84.9 Å². The molecule has 53 heavy (non-hydrogen) atoms. The van der Waals surface area contributed by atoms with Crippen molar-refractivity contribution in [1.29, 1.82) is 5.26 Å². The van der Waals surface area contributed by atoms with E-state index in [9.17, 15) is 5.26 Å². The highest BCUT2D eigenvalue weighted by Crippen LogP contribution is 2.50. The standard InChI is InChI=1S/C46H25N5OS/c47-26-27-18-20-29(21-19-27)45-48-44(28-10-2-1-3-11-28)49-46(50-45)30-22-24-31(25-23-30)51-35-15-7-4-12-32(35)38-41(51)39-34-14-6-9-17-37(34)53-43(39)40-33-13-5-8-16-36(33)52-42(38)40/h1-25H. The van der Waals surface area contributed by atoms with Gasteiger partial charge < -0.3 is 8.98 Å². The molecule has 0 fully saturated rings. The second kappa shape index (κ2) is 11.4. The van der Waals surface area contributed by atoms with Gasteiger partial charge in [-0.05, 0) is 66.7 Å². The lowest BCUT2D eigenvalue weighted by Crippen LogP contribution is -2.00. The molecule has 6 nitrogen and oxygen atoms in total. The van der Waals surface area contributed by atoms with Crippen LogP contribution in [0, 0.1) is 11.3 Å². The lowest BCUT2D eigenvalue weighted by atomic mass is 10.0. The zero-order chi connectivity index (χ0) is 35.0. The number of rotatable bonds is 4. The van der Waals surface area contributed by atoms with Crippen LogP contribution in [0.15, 0.2) is 156 Å². The molecule has 0 aliphatic carbocycles. The second-order valence-corrected chi connectivity index (χ2v) is 14.1. The van der Waals surface area contributed by atoms with Crippen LogP contribution in [0.25, 0.3) is 104 Å². The van der Waals surface area contributed by atoms with Gasteiger partial charge in [-0.2, -0.15) is 5.26 Å². The fraction of sp³-hybridized carbons (Fsp3) is 0. The average Bonchev–Trinajstić information content (AvgIpc) is 3.91. The molecule has 0 unspecified atom stereocenters. The Balaban J connectivity index is 1.16. The number of para-hydroxylation sites is 2. The summed E-state index contributed by atoms with van der Waals surface area (Å²) in [6, 6.07) is 53.6. The molecule has 246 valence electrons. The number of thiophene rings is 1. The average molecular weight is 696 g/mol. The lowest BCUT2D eigenvalue weighted by Gasteiger charge is -2.11. The highest BCUT2D eigenvalue weighted by molar-refractivity contribution is 7.27. The molecular formula is C46H25N5OS. The Labute approximate surface area is 306 Å². The molecule has 7 aromatic carbocycles. The van der Waals surface area contributed by atoms with Crippen LogP contribution >= 0.6 is 11.3 Å². The molecule has 11 rings (SSSR count). The SMILES string of the molecule is N#Cc1ccc(-c2nc(-c3ccccc3)nc(-c3ccc(-n4c5ccccc5c5c6oc7ccccc7c6c6sc7ccccc7c6c54)cc3)n2)cc1. The van der Waals surface area contributed by atoms with Crippen molar-refractivity contribution in [2.24, 2.45) is 0 Å². The summed E-state index contributed by atoms with van der Waals surface area (Å²) >= 11 is 1.83. The quantitative estimate of drug-likeness (QED) is 0.183. The van der Waals surface area contributed by atoms with Crippen LogP contribution in [0.4, 0.5) is 0 Å². The van der Waals surface area contributed by atoms with Crippen molar-refractivity contribution in [3.63, 3.8) is 0 Å². The molecule has 0 spiro atoms. The number of aromatic nitrogens is 4. The first kappa shape index (κ1) is 29.6. The summed E-state index contributed by atoms with van der Waals surface area (Å²) < 4.78 is 11.6. The third-order valence-corrected chi connectivity index (χ3v) is 11.3. The normalized spacial score (nSPS) is 11.8. The zero-order valence-electron chi connectivity index (χ0n) is 28.0. The number of furan rings is 1. The second-order valence-electron chi connectivity index (χ2n) is 13.1. The van der Waals surface area contributed by atoms with E-state index < -0.39 is 0 Å². The first-order valence-corrected chi connectivity index (χ1v) is 18.2. The van der Waals surface area contributed by atoms with E-state index in [1.54, 1.807) is 12.1 Å². The molecule has 4 heterocycles. The van der Waals surface area contributed by atoms with Gasteiger partial charge in [0.15, 0.2) is 17.5 Å². The molecule has 0 saturated heterocycles. The first-order chi connectivity index (χ1) is 26.2. The van der Waals surface area contributed by atoms with Crippen molar-refractivity contribution in [3.05, 3.63) is 157 Å². The predicted octanol–water partition coefficient (Wildman–Crippen LogP) is 12.1. The van der Waals surface area contributed by atoms with E-state index in [1.807, 2.05) is 59.9 Å². The smallest absolute Gasteiger partial charge is 0.164 e. The number of nitrogens with zero attached hydrogens (tertiary/aromatic N) is 5. The Kier molecular flexibility index (Phi) is 6.38. The lowest BCUT2D eigenvalue weighted by molar-refractivity contribution is 0.673. The minimum atomic E-state index is 0.548. The fourth-order valence-corrected chi connectivity index (χ4v) is 8.94. The molecule has 0 aliphatic heterocycles. The first-order valence-electron chi connectivity index (χ1n) is 17.3. The molecule has 4 aromatic heterocycles. The molecule has 11 aromatic rings. The summed E-state index contributed by atoms with van der Waals surface area (Å²) in [4.78, 5) is 14.8. The summed E-state index contributed by atoms with van der Waals surface area (Å²) in [6.45, 7) is 0. The Hall–Kier alpha value is -7.14. The number of nitriles is 1. The maximum Gasteiger partial charge on any atom is 0.164 e. The van der Waals surface area contributed by atoms with Crippen LogP contribution < -0.4 is 0 Å². The zero-order valence-corrected chi connectivity index (χ0v) is 28.8. The Bertz CT molecular complexity index is 3250. The minimum absolute atomic E-state index is 0.548. The van der Waals surface area contributed by atoms with Crippen LogP contribution in [0.1, 0.15) is 5.56 Å². The van der Waals surface area contributed by atoms with Crippen molar-refractivity contribution in [2.45, 2.75) is 0 Å². The van der Waals surface area contributed by atoms with Gasteiger partial charge in [0.05, 0.1) is 28.1 Å². The van der Waals surface area contributed by atoms with E-state index >= 15 is 0 Å². The van der Waals surface area contributed by atoms with Crippen molar-refractivity contribution < 1.29 is 4.42 Å². The van der Waals surface area contributed by atoms with Crippen molar-refractivity contribution in [2.75, 3.05) is 0 Å². The van der Waals surface area contributed by atoms with Gasteiger partial charge in [-0.3, -0.25) is 0 Å². The minimum Gasteiger partial charge on any atom is -0.455 e. The van der Waals surface area contributed by atoms with Crippen LogP contribution in [0.3, 0.4) is 0 Å². The third kappa shape index (κ3) is 4.46. The highest BCUT2D eigenvalue weighted by Gasteiger charge is 2.25.